The maximum Gasteiger partial charge on any atom is 0.409 e. The van der Waals surface area contributed by atoms with Gasteiger partial charge in [0.15, 0.2) is 17.4 Å². The van der Waals surface area contributed by atoms with E-state index in [-0.39, 0.29) is 17.9 Å². The topological polar surface area (TPSA) is 9.23 Å². The van der Waals surface area contributed by atoms with E-state index in [1.165, 1.54) is 0 Å². The molecule has 0 N–H and O–H groups in total. The second kappa shape index (κ2) is 8.77. The average molecular weight is 384 g/mol. The predicted molar refractivity (Wildman–Crippen MR) is 82.1 cm³/mol. The first-order valence-electron chi connectivity index (χ1n) is 8.34. The lowest BCUT2D eigenvalue weighted by Gasteiger charge is -2.29. The zero-order valence-electron chi connectivity index (χ0n) is 13.8. The first-order chi connectivity index (χ1) is 12.2. The molecule has 0 heterocycles. The summed E-state index contributed by atoms with van der Waals surface area (Å²) < 4.78 is 91.8. The van der Waals surface area contributed by atoms with Crippen LogP contribution in [0.3, 0.4) is 0 Å². The van der Waals surface area contributed by atoms with Crippen LogP contribution in [0, 0.1) is 17.6 Å². The summed E-state index contributed by atoms with van der Waals surface area (Å²) in [5.74, 6) is -3.27. The zero-order chi connectivity index (χ0) is 19.3. The van der Waals surface area contributed by atoms with Crippen LogP contribution in [-0.4, -0.2) is 12.8 Å². The molecule has 1 aliphatic rings. The molecular weight excluding hydrogens is 365 g/mol. The van der Waals surface area contributed by atoms with Crippen molar-refractivity contribution in [1.29, 1.82) is 0 Å². The predicted octanol–water partition coefficient (Wildman–Crippen LogP) is 6.74. The maximum atomic E-state index is 13.8. The average Bonchev–Trinajstić information content (AvgIpc) is 2.54. The lowest BCUT2D eigenvalue weighted by atomic mass is 9.77. The fourth-order valence-corrected chi connectivity index (χ4v) is 3.35. The van der Waals surface area contributed by atoms with E-state index in [1.807, 2.05) is 0 Å². The number of benzene rings is 1. The molecule has 2 rings (SSSR count). The Morgan fingerprint density at radius 3 is 2.12 bits per heavy atom. The minimum absolute atomic E-state index is 0.110. The van der Waals surface area contributed by atoms with Gasteiger partial charge in [-0.2, -0.15) is 22.0 Å². The molecule has 1 aromatic rings. The molecule has 0 aliphatic heterocycles. The minimum atomic E-state index is -4.30. The molecule has 1 aliphatic carbocycles. The maximum absolute atomic E-state index is 13.8. The van der Waals surface area contributed by atoms with Gasteiger partial charge < -0.3 is 4.74 Å². The van der Waals surface area contributed by atoms with Crippen molar-refractivity contribution in [3.63, 3.8) is 0 Å². The SMILES string of the molecule is Fc1cc(C2CCC(CCC=CC(F)(F)F)CC2)cc(F)c1OC(F)F. The molecule has 0 radical (unpaired) electrons. The molecule has 26 heavy (non-hydrogen) atoms. The molecule has 0 saturated heterocycles. The van der Waals surface area contributed by atoms with Crippen LogP contribution in [0.4, 0.5) is 30.7 Å². The van der Waals surface area contributed by atoms with Gasteiger partial charge in [-0.15, -0.1) is 0 Å². The number of allylic oxidation sites excluding steroid dienone is 2. The molecule has 0 atom stereocenters. The normalized spacial score (nSPS) is 21.5. The van der Waals surface area contributed by atoms with Crippen molar-refractivity contribution in [2.75, 3.05) is 0 Å². The monoisotopic (exact) mass is 384 g/mol. The summed E-state index contributed by atoms with van der Waals surface area (Å²) in [6.45, 7) is -3.31. The van der Waals surface area contributed by atoms with E-state index in [0.29, 0.717) is 31.2 Å². The van der Waals surface area contributed by atoms with Gasteiger partial charge in [-0.05, 0) is 68.1 Å². The van der Waals surface area contributed by atoms with Crippen molar-refractivity contribution in [1.82, 2.24) is 0 Å². The molecule has 0 amide bonds. The second-order valence-corrected chi connectivity index (χ2v) is 6.43. The zero-order valence-corrected chi connectivity index (χ0v) is 13.8. The van der Waals surface area contributed by atoms with E-state index in [1.54, 1.807) is 0 Å². The standard InChI is InChI=1S/C18H19F7O/c19-14-9-13(10-15(20)16(14)26-17(21)22)12-6-4-11(5-7-12)3-1-2-8-18(23,24)25/h2,8-12,17H,1,3-7H2. The molecule has 0 unspecified atom stereocenters. The first-order valence-corrected chi connectivity index (χ1v) is 8.34. The Balaban J connectivity index is 1.89. The molecule has 1 aromatic carbocycles. The molecule has 1 nitrogen and oxygen atoms in total. The highest BCUT2D eigenvalue weighted by molar-refractivity contribution is 5.33. The van der Waals surface area contributed by atoms with Gasteiger partial charge in [0.25, 0.3) is 0 Å². The van der Waals surface area contributed by atoms with Gasteiger partial charge >= 0.3 is 12.8 Å². The summed E-state index contributed by atoms with van der Waals surface area (Å²) in [6.07, 6.45) is 0.758. The Hall–Kier alpha value is -1.73. The van der Waals surface area contributed by atoms with Crippen molar-refractivity contribution >= 4 is 0 Å². The van der Waals surface area contributed by atoms with Crippen LogP contribution in [0.25, 0.3) is 0 Å². The molecule has 1 saturated carbocycles. The van der Waals surface area contributed by atoms with E-state index < -0.39 is 30.2 Å². The van der Waals surface area contributed by atoms with Gasteiger partial charge in [0, 0.05) is 6.08 Å². The number of hydrogen-bond acceptors (Lipinski definition) is 1. The third-order valence-corrected chi connectivity index (χ3v) is 4.59. The summed E-state index contributed by atoms with van der Waals surface area (Å²) >= 11 is 0. The van der Waals surface area contributed by atoms with E-state index >= 15 is 0 Å². The van der Waals surface area contributed by atoms with Gasteiger partial charge in [-0.25, -0.2) is 8.78 Å². The fraction of sp³-hybridized carbons (Fsp3) is 0.556. The van der Waals surface area contributed by atoms with E-state index in [4.69, 9.17) is 0 Å². The Bertz CT molecular complexity index is 593. The number of alkyl halides is 5. The van der Waals surface area contributed by atoms with Crippen LogP contribution >= 0.6 is 0 Å². The van der Waals surface area contributed by atoms with E-state index in [9.17, 15) is 30.7 Å². The van der Waals surface area contributed by atoms with Crippen molar-refractivity contribution in [2.45, 2.75) is 57.2 Å². The lowest BCUT2D eigenvalue weighted by molar-refractivity contribution is -0.0800. The van der Waals surface area contributed by atoms with Gasteiger partial charge in [0.1, 0.15) is 0 Å². The van der Waals surface area contributed by atoms with Gasteiger partial charge in [-0.3, -0.25) is 0 Å². The van der Waals surface area contributed by atoms with Crippen LogP contribution in [0.15, 0.2) is 24.3 Å². The van der Waals surface area contributed by atoms with Crippen molar-refractivity contribution in [3.8, 4) is 5.75 Å². The summed E-state index contributed by atoms with van der Waals surface area (Å²) in [6, 6.07) is 2.02. The van der Waals surface area contributed by atoms with Crippen LogP contribution < -0.4 is 4.74 Å². The van der Waals surface area contributed by atoms with Crippen LogP contribution in [0.5, 0.6) is 5.75 Å². The Labute approximate surface area is 146 Å². The molecule has 0 bridgehead atoms. The van der Waals surface area contributed by atoms with Crippen molar-refractivity contribution < 1.29 is 35.5 Å². The molecule has 8 heteroatoms. The highest BCUT2D eigenvalue weighted by Crippen LogP contribution is 2.39. The fourth-order valence-electron chi connectivity index (χ4n) is 3.35. The summed E-state index contributed by atoms with van der Waals surface area (Å²) in [4.78, 5) is 0. The van der Waals surface area contributed by atoms with Gasteiger partial charge in [0.05, 0.1) is 0 Å². The van der Waals surface area contributed by atoms with E-state index in [0.717, 1.165) is 31.1 Å². The van der Waals surface area contributed by atoms with E-state index in [2.05, 4.69) is 4.74 Å². The van der Waals surface area contributed by atoms with Crippen molar-refractivity contribution in [3.05, 3.63) is 41.5 Å². The molecule has 0 spiro atoms. The molecular formula is C18H19F7O. The second-order valence-electron chi connectivity index (χ2n) is 6.43. The lowest BCUT2D eigenvalue weighted by Crippen LogP contribution is -2.14. The Kier molecular flexibility index (Phi) is 6.94. The summed E-state index contributed by atoms with van der Waals surface area (Å²) in [5.41, 5.74) is 0.386. The highest BCUT2D eigenvalue weighted by atomic mass is 19.4. The molecule has 0 aromatic heterocycles. The summed E-state index contributed by atoms with van der Waals surface area (Å²) in [7, 11) is 0. The number of hydrogen-bond donors (Lipinski definition) is 0. The highest BCUT2D eigenvalue weighted by Gasteiger charge is 2.25. The van der Waals surface area contributed by atoms with Crippen LogP contribution in [0.2, 0.25) is 0 Å². The Morgan fingerprint density at radius 1 is 1.04 bits per heavy atom. The number of rotatable bonds is 6. The number of halogens is 7. The quantitative estimate of drug-likeness (QED) is 0.390. The Morgan fingerprint density at radius 2 is 1.62 bits per heavy atom. The summed E-state index contributed by atoms with van der Waals surface area (Å²) in [5, 5.41) is 0. The third kappa shape index (κ3) is 6.21. The van der Waals surface area contributed by atoms with Gasteiger partial charge in [-0.1, -0.05) is 6.08 Å². The molecule has 146 valence electrons. The molecule has 1 fully saturated rings. The van der Waals surface area contributed by atoms with Crippen LogP contribution in [-0.2, 0) is 0 Å². The first kappa shape index (κ1) is 20.6. The smallest absolute Gasteiger partial charge is 0.409 e. The largest absolute Gasteiger partial charge is 0.429 e. The number of ether oxygens (including phenoxy) is 1. The third-order valence-electron chi connectivity index (χ3n) is 4.59. The minimum Gasteiger partial charge on any atom is -0.429 e. The van der Waals surface area contributed by atoms with Crippen molar-refractivity contribution in [2.24, 2.45) is 5.92 Å². The van der Waals surface area contributed by atoms with Crippen LogP contribution in [0.1, 0.15) is 50.0 Å². The van der Waals surface area contributed by atoms with Gasteiger partial charge in [0.2, 0.25) is 0 Å².